The zero-order valence-electron chi connectivity index (χ0n) is 13.2. The van der Waals surface area contributed by atoms with Gasteiger partial charge in [0, 0.05) is 19.3 Å². The topological polar surface area (TPSA) is 64.7 Å². The normalized spacial score (nSPS) is 14.4. The van der Waals surface area contributed by atoms with E-state index < -0.39 is 18.4 Å². The number of nitrogens with two attached hydrogens (primary N) is 1. The highest BCUT2D eigenvalue weighted by Gasteiger charge is 2.26. The first-order valence-electron chi connectivity index (χ1n) is 7.80. The van der Waals surface area contributed by atoms with Crippen LogP contribution < -0.4 is 5.73 Å². The lowest BCUT2D eigenvalue weighted by Crippen LogP contribution is -2.46. The fraction of sp³-hybridized carbons (Fsp3) is 0.444. The van der Waals surface area contributed by atoms with E-state index >= 15 is 0 Å². The van der Waals surface area contributed by atoms with Crippen LogP contribution in [0.2, 0.25) is 0 Å². The van der Waals surface area contributed by atoms with E-state index in [4.69, 9.17) is 15.2 Å². The first-order valence-corrected chi connectivity index (χ1v) is 7.80. The van der Waals surface area contributed by atoms with Gasteiger partial charge in [0.05, 0.1) is 0 Å². The van der Waals surface area contributed by atoms with Crippen LogP contribution in [0, 0.1) is 0 Å². The highest BCUT2D eigenvalue weighted by atomic mass is 16.7. The molecule has 0 amide bonds. The van der Waals surface area contributed by atoms with Gasteiger partial charge >= 0.3 is 0 Å². The van der Waals surface area contributed by atoms with Crippen LogP contribution in [0.3, 0.4) is 0 Å². The third-order valence-electron chi connectivity index (χ3n) is 3.66. The number of aliphatic hydroxyl groups is 1. The van der Waals surface area contributed by atoms with Crippen LogP contribution in [0.25, 0.3) is 10.8 Å². The van der Waals surface area contributed by atoms with Gasteiger partial charge < -0.3 is 20.3 Å². The summed E-state index contributed by atoms with van der Waals surface area (Å²) in [5.74, 6) is 0. The SMILES string of the molecule is CCOC(OCC)C(O)C(N)Cc1ccc2ccccc2c1. The molecule has 0 heterocycles. The summed E-state index contributed by atoms with van der Waals surface area (Å²) in [6.45, 7) is 4.69. The summed E-state index contributed by atoms with van der Waals surface area (Å²) in [6.07, 6.45) is -0.959. The average Bonchev–Trinajstić information content (AvgIpc) is 2.54. The van der Waals surface area contributed by atoms with E-state index in [1.54, 1.807) is 0 Å². The van der Waals surface area contributed by atoms with E-state index in [1.807, 2.05) is 32.0 Å². The Kier molecular flexibility index (Phi) is 6.34. The number of hydrogen-bond donors (Lipinski definition) is 2. The van der Waals surface area contributed by atoms with Crippen LogP contribution in [0.1, 0.15) is 19.4 Å². The number of aliphatic hydroxyl groups excluding tert-OH is 1. The minimum atomic E-state index is -0.855. The molecule has 120 valence electrons. The average molecular weight is 303 g/mol. The number of rotatable bonds is 8. The number of hydrogen-bond acceptors (Lipinski definition) is 4. The summed E-state index contributed by atoms with van der Waals surface area (Å²) in [6, 6.07) is 14.0. The Morgan fingerprint density at radius 1 is 1.00 bits per heavy atom. The maximum absolute atomic E-state index is 10.3. The Bertz CT molecular complexity index is 581. The summed E-state index contributed by atoms with van der Waals surface area (Å²) in [5, 5.41) is 12.7. The van der Waals surface area contributed by atoms with Crippen molar-refractivity contribution in [1.29, 1.82) is 0 Å². The summed E-state index contributed by atoms with van der Waals surface area (Å²) < 4.78 is 10.8. The van der Waals surface area contributed by atoms with Gasteiger partial charge in [-0.2, -0.15) is 0 Å². The van der Waals surface area contributed by atoms with Crippen molar-refractivity contribution in [1.82, 2.24) is 0 Å². The third kappa shape index (κ3) is 4.27. The molecule has 0 aromatic heterocycles. The zero-order valence-corrected chi connectivity index (χ0v) is 13.2. The van der Waals surface area contributed by atoms with Crippen LogP contribution >= 0.6 is 0 Å². The van der Waals surface area contributed by atoms with E-state index in [-0.39, 0.29) is 0 Å². The van der Waals surface area contributed by atoms with Gasteiger partial charge in [-0.05, 0) is 36.6 Å². The fourth-order valence-corrected chi connectivity index (χ4v) is 2.53. The van der Waals surface area contributed by atoms with E-state index in [0.717, 1.165) is 5.56 Å². The molecule has 0 radical (unpaired) electrons. The van der Waals surface area contributed by atoms with Gasteiger partial charge in [0.25, 0.3) is 0 Å². The van der Waals surface area contributed by atoms with Gasteiger partial charge in [0.1, 0.15) is 6.10 Å². The van der Waals surface area contributed by atoms with Crippen molar-refractivity contribution < 1.29 is 14.6 Å². The van der Waals surface area contributed by atoms with E-state index in [0.29, 0.717) is 19.6 Å². The summed E-state index contributed by atoms with van der Waals surface area (Å²) in [5.41, 5.74) is 7.24. The maximum atomic E-state index is 10.3. The van der Waals surface area contributed by atoms with Gasteiger partial charge in [-0.15, -0.1) is 0 Å². The molecular weight excluding hydrogens is 278 g/mol. The van der Waals surface area contributed by atoms with Crippen molar-refractivity contribution in [3.63, 3.8) is 0 Å². The summed E-state index contributed by atoms with van der Waals surface area (Å²) in [4.78, 5) is 0. The molecule has 4 nitrogen and oxygen atoms in total. The molecule has 0 bridgehead atoms. The first kappa shape index (κ1) is 16.9. The summed E-state index contributed by atoms with van der Waals surface area (Å²) >= 11 is 0. The number of fused-ring (bicyclic) bond motifs is 1. The van der Waals surface area contributed by atoms with E-state index in [9.17, 15) is 5.11 Å². The number of benzene rings is 2. The predicted octanol–water partition coefficient (Wildman–Crippen LogP) is 2.47. The molecule has 2 unspecified atom stereocenters. The van der Waals surface area contributed by atoms with Gasteiger partial charge in [-0.25, -0.2) is 0 Å². The molecule has 2 aromatic rings. The van der Waals surface area contributed by atoms with E-state index in [1.165, 1.54) is 10.8 Å². The molecule has 0 fully saturated rings. The van der Waals surface area contributed by atoms with Crippen molar-refractivity contribution in [3.8, 4) is 0 Å². The van der Waals surface area contributed by atoms with Crippen LogP contribution in [0.4, 0.5) is 0 Å². The predicted molar refractivity (Wildman–Crippen MR) is 88.7 cm³/mol. The van der Waals surface area contributed by atoms with Gasteiger partial charge in [0.15, 0.2) is 6.29 Å². The lowest BCUT2D eigenvalue weighted by molar-refractivity contribution is -0.193. The molecule has 0 saturated heterocycles. The highest BCUT2D eigenvalue weighted by Crippen LogP contribution is 2.18. The Hall–Kier alpha value is -1.46. The third-order valence-corrected chi connectivity index (χ3v) is 3.66. The standard InChI is InChI=1S/C18H25NO3/c1-3-21-18(22-4-2)17(20)16(19)12-13-9-10-14-7-5-6-8-15(14)11-13/h5-11,16-18,20H,3-4,12,19H2,1-2H3. The van der Waals surface area contributed by atoms with E-state index in [2.05, 4.69) is 24.3 Å². The molecule has 22 heavy (non-hydrogen) atoms. The largest absolute Gasteiger partial charge is 0.386 e. The lowest BCUT2D eigenvalue weighted by Gasteiger charge is -2.27. The molecule has 0 aliphatic heterocycles. The minimum Gasteiger partial charge on any atom is -0.386 e. The Labute approximate surface area is 131 Å². The molecule has 0 spiro atoms. The molecular formula is C18H25NO3. The lowest BCUT2D eigenvalue weighted by atomic mass is 9.99. The maximum Gasteiger partial charge on any atom is 0.184 e. The van der Waals surface area contributed by atoms with Gasteiger partial charge in [0.2, 0.25) is 0 Å². The second kappa shape index (κ2) is 8.25. The molecule has 0 aliphatic carbocycles. The molecule has 4 heteroatoms. The smallest absolute Gasteiger partial charge is 0.184 e. The molecule has 3 N–H and O–H groups in total. The molecule has 0 saturated carbocycles. The van der Waals surface area contributed by atoms with Crippen molar-refractivity contribution in [2.45, 2.75) is 38.7 Å². The monoisotopic (exact) mass is 303 g/mol. The van der Waals surface area contributed by atoms with Crippen molar-refractivity contribution in [3.05, 3.63) is 48.0 Å². The van der Waals surface area contributed by atoms with Crippen LogP contribution in [-0.2, 0) is 15.9 Å². The Morgan fingerprint density at radius 3 is 2.27 bits per heavy atom. The fourth-order valence-electron chi connectivity index (χ4n) is 2.53. The first-order chi connectivity index (χ1) is 10.7. The van der Waals surface area contributed by atoms with Crippen LogP contribution in [-0.4, -0.2) is 36.8 Å². The second-order valence-corrected chi connectivity index (χ2v) is 5.32. The van der Waals surface area contributed by atoms with Gasteiger partial charge in [-0.3, -0.25) is 0 Å². The summed E-state index contributed by atoms with van der Waals surface area (Å²) in [7, 11) is 0. The van der Waals surface area contributed by atoms with Crippen molar-refractivity contribution in [2.75, 3.05) is 13.2 Å². The minimum absolute atomic E-state index is 0.440. The molecule has 2 rings (SSSR count). The Balaban J connectivity index is 2.06. The Morgan fingerprint density at radius 2 is 1.64 bits per heavy atom. The van der Waals surface area contributed by atoms with Crippen molar-refractivity contribution >= 4 is 10.8 Å². The quantitative estimate of drug-likeness (QED) is 0.735. The molecule has 0 aliphatic rings. The van der Waals surface area contributed by atoms with Crippen molar-refractivity contribution in [2.24, 2.45) is 5.73 Å². The molecule has 2 aromatic carbocycles. The zero-order chi connectivity index (χ0) is 15.9. The van der Waals surface area contributed by atoms with Crippen LogP contribution in [0.15, 0.2) is 42.5 Å². The van der Waals surface area contributed by atoms with Crippen LogP contribution in [0.5, 0.6) is 0 Å². The second-order valence-electron chi connectivity index (χ2n) is 5.32. The molecule has 2 atom stereocenters. The highest BCUT2D eigenvalue weighted by molar-refractivity contribution is 5.82. The van der Waals surface area contributed by atoms with Gasteiger partial charge in [-0.1, -0.05) is 42.5 Å². The number of ether oxygens (including phenoxy) is 2.